The van der Waals surface area contributed by atoms with Gasteiger partial charge in [-0.05, 0) is 24.7 Å². The number of hydrogen-bond donors (Lipinski definition) is 2. The van der Waals surface area contributed by atoms with Gasteiger partial charge in [-0.3, -0.25) is 9.59 Å². The summed E-state index contributed by atoms with van der Waals surface area (Å²) < 4.78 is 4.07. The number of carbonyl (C=O) groups excluding carboxylic acids is 2. The lowest BCUT2D eigenvalue weighted by molar-refractivity contribution is -0.124. The molecule has 2 saturated carbocycles. The van der Waals surface area contributed by atoms with E-state index in [-0.39, 0.29) is 23.9 Å². The minimum absolute atomic E-state index is 0.0665. The molecule has 0 unspecified atom stereocenters. The van der Waals surface area contributed by atoms with Crippen molar-refractivity contribution in [2.75, 3.05) is 0 Å². The highest BCUT2D eigenvalue weighted by atomic mass is 16.2. The van der Waals surface area contributed by atoms with Crippen LogP contribution in [0.2, 0.25) is 0 Å². The highest BCUT2D eigenvalue weighted by Gasteiger charge is 2.31. The molecule has 240 valence electrons. The summed E-state index contributed by atoms with van der Waals surface area (Å²) in [7, 11) is 0. The molecule has 2 atom stereocenters. The van der Waals surface area contributed by atoms with Gasteiger partial charge in [-0.15, -0.1) is 0 Å². The molecule has 2 amide bonds. The lowest BCUT2D eigenvalue weighted by atomic mass is 9.84. The molecule has 2 N–H and O–H groups in total. The van der Waals surface area contributed by atoms with Crippen LogP contribution in [0.1, 0.15) is 101 Å². The van der Waals surface area contributed by atoms with E-state index >= 15 is 0 Å². The zero-order valence-electron chi connectivity index (χ0n) is 26.7. The summed E-state index contributed by atoms with van der Waals surface area (Å²) in [5.41, 5.74) is 4.15. The van der Waals surface area contributed by atoms with E-state index in [4.69, 9.17) is 9.97 Å². The molecule has 2 aliphatic heterocycles. The second-order valence-electron chi connectivity index (χ2n) is 13.7. The largest absolute Gasteiger partial charge is 0.345 e. The number of fused-ring (bicyclic) bond motifs is 2. The fourth-order valence-electron chi connectivity index (χ4n) is 7.93. The Balaban J connectivity index is 0.000000147. The SMILES string of the molecule is O=C1Cn2cc(-c3ccccc3)nc2[C@H](CC2CCCCC2)N1.O=C1Cn2cc(-c3ccccc3)nc2[C@H](CC2CCCCC2)N1. The van der Waals surface area contributed by atoms with Crippen molar-refractivity contribution in [2.24, 2.45) is 11.8 Å². The Bertz CT molecular complexity index is 1490. The fourth-order valence-corrected chi connectivity index (χ4v) is 7.93. The summed E-state index contributed by atoms with van der Waals surface area (Å²) in [6.07, 6.45) is 19.3. The smallest absolute Gasteiger partial charge is 0.240 e. The van der Waals surface area contributed by atoms with Gasteiger partial charge >= 0.3 is 0 Å². The third kappa shape index (κ3) is 7.11. The maximum absolute atomic E-state index is 12.1. The van der Waals surface area contributed by atoms with Crippen molar-refractivity contribution in [1.29, 1.82) is 0 Å². The molecule has 8 rings (SSSR count). The minimum atomic E-state index is 0.0665. The van der Waals surface area contributed by atoms with Crippen molar-refractivity contribution < 1.29 is 9.59 Å². The molecule has 4 aromatic rings. The molecule has 2 aliphatic carbocycles. The number of nitrogens with zero attached hydrogens (tertiary/aromatic N) is 4. The first-order chi connectivity index (χ1) is 22.6. The Hall–Kier alpha value is -4.20. The average Bonchev–Trinajstić information content (AvgIpc) is 3.72. The second kappa shape index (κ2) is 14.1. The van der Waals surface area contributed by atoms with Crippen LogP contribution in [-0.4, -0.2) is 30.9 Å². The molecule has 0 saturated heterocycles. The summed E-state index contributed by atoms with van der Waals surface area (Å²) in [4.78, 5) is 33.8. The Morgan fingerprint density at radius 3 is 1.35 bits per heavy atom. The third-order valence-corrected chi connectivity index (χ3v) is 10.3. The van der Waals surface area contributed by atoms with Crippen LogP contribution in [0, 0.1) is 11.8 Å². The Morgan fingerprint density at radius 2 is 0.957 bits per heavy atom. The first kappa shape index (κ1) is 30.5. The number of amides is 2. The first-order valence-corrected chi connectivity index (χ1v) is 17.4. The van der Waals surface area contributed by atoms with Crippen molar-refractivity contribution in [3.63, 3.8) is 0 Å². The monoisotopic (exact) mass is 618 g/mol. The Labute approximate surface area is 272 Å². The molecule has 2 aromatic heterocycles. The predicted octanol–water partition coefficient (Wildman–Crippen LogP) is 7.38. The number of nitrogens with one attached hydrogen (secondary N) is 2. The molecule has 2 aromatic carbocycles. The molecule has 4 aliphatic rings. The van der Waals surface area contributed by atoms with Gasteiger partial charge in [0, 0.05) is 23.5 Å². The number of rotatable bonds is 6. The second-order valence-corrected chi connectivity index (χ2v) is 13.7. The maximum atomic E-state index is 12.1. The van der Waals surface area contributed by atoms with Gasteiger partial charge in [0.25, 0.3) is 0 Å². The van der Waals surface area contributed by atoms with E-state index in [1.165, 1.54) is 64.2 Å². The van der Waals surface area contributed by atoms with Gasteiger partial charge in [-0.25, -0.2) is 9.97 Å². The van der Waals surface area contributed by atoms with E-state index < -0.39 is 0 Å². The Kier molecular flexibility index (Phi) is 9.31. The lowest BCUT2D eigenvalue weighted by Crippen LogP contribution is -2.39. The van der Waals surface area contributed by atoms with Crippen molar-refractivity contribution in [3.05, 3.63) is 84.7 Å². The van der Waals surface area contributed by atoms with Gasteiger partial charge in [0.1, 0.15) is 24.7 Å². The highest BCUT2D eigenvalue weighted by molar-refractivity contribution is 5.78. The van der Waals surface area contributed by atoms with E-state index in [1.54, 1.807) is 0 Å². The van der Waals surface area contributed by atoms with Gasteiger partial charge in [0.15, 0.2) is 0 Å². The van der Waals surface area contributed by atoms with Crippen LogP contribution < -0.4 is 10.6 Å². The van der Waals surface area contributed by atoms with Crippen molar-refractivity contribution in [1.82, 2.24) is 29.7 Å². The van der Waals surface area contributed by atoms with Crippen LogP contribution in [0.4, 0.5) is 0 Å². The summed E-state index contributed by atoms with van der Waals surface area (Å²) in [6, 6.07) is 20.5. The predicted molar refractivity (Wildman–Crippen MR) is 179 cm³/mol. The van der Waals surface area contributed by atoms with Crippen LogP contribution in [-0.2, 0) is 22.7 Å². The topological polar surface area (TPSA) is 93.8 Å². The van der Waals surface area contributed by atoms with Crippen LogP contribution in [0.25, 0.3) is 22.5 Å². The normalized spacial score (nSPS) is 21.7. The van der Waals surface area contributed by atoms with E-state index in [2.05, 4.69) is 34.9 Å². The summed E-state index contributed by atoms with van der Waals surface area (Å²) in [5.74, 6) is 3.70. The minimum Gasteiger partial charge on any atom is -0.345 e. The zero-order valence-corrected chi connectivity index (χ0v) is 26.7. The van der Waals surface area contributed by atoms with E-state index in [0.717, 1.165) is 58.8 Å². The maximum Gasteiger partial charge on any atom is 0.240 e. The number of hydrogen-bond acceptors (Lipinski definition) is 4. The quantitative estimate of drug-likeness (QED) is 0.236. The molecular weight excluding hydrogens is 572 g/mol. The number of benzene rings is 2. The molecule has 8 nitrogen and oxygen atoms in total. The molecule has 0 bridgehead atoms. The molecule has 8 heteroatoms. The number of carbonyl (C=O) groups is 2. The number of aromatic nitrogens is 4. The van der Waals surface area contributed by atoms with Crippen LogP contribution >= 0.6 is 0 Å². The standard InChI is InChI=1S/2C19H23N3O/c2*23-18-13-22-12-17(15-9-5-2-6-10-15)21-19(22)16(20-18)11-14-7-3-1-4-8-14/h2*2,5-6,9-10,12,14,16H,1,3-4,7-8,11,13H2,(H,20,23)/t2*16-/m00/s1. The average molecular weight is 619 g/mol. The van der Waals surface area contributed by atoms with Crippen LogP contribution in [0.15, 0.2) is 73.1 Å². The van der Waals surface area contributed by atoms with Gasteiger partial charge in [-0.2, -0.15) is 0 Å². The van der Waals surface area contributed by atoms with Crippen molar-refractivity contribution in [2.45, 2.75) is 102 Å². The summed E-state index contributed by atoms with van der Waals surface area (Å²) >= 11 is 0. The Morgan fingerprint density at radius 1 is 0.565 bits per heavy atom. The van der Waals surface area contributed by atoms with Gasteiger partial charge < -0.3 is 19.8 Å². The van der Waals surface area contributed by atoms with E-state index in [9.17, 15) is 9.59 Å². The highest BCUT2D eigenvalue weighted by Crippen LogP contribution is 2.35. The lowest BCUT2D eigenvalue weighted by Gasteiger charge is -2.29. The van der Waals surface area contributed by atoms with Crippen LogP contribution in [0.3, 0.4) is 0 Å². The summed E-state index contributed by atoms with van der Waals surface area (Å²) in [5, 5.41) is 6.32. The van der Waals surface area contributed by atoms with E-state index in [0.29, 0.717) is 13.1 Å². The van der Waals surface area contributed by atoms with Crippen molar-refractivity contribution >= 4 is 11.8 Å². The molecule has 2 fully saturated rings. The molecular formula is C38H46N6O2. The van der Waals surface area contributed by atoms with Gasteiger partial charge in [-0.1, -0.05) is 125 Å². The third-order valence-electron chi connectivity index (χ3n) is 10.3. The summed E-state index contributed by atoms with van der Waals surface area (Å²) in [6.45, 7) is 0.771. The molecule has 0 radical (unpaired) electrons. The van der Waals surface area contributed by atoms with Gasteiger partial charge in [0.2, 0.25) is 11.8 Å². The van der Waals surface area contributed by atoms with Crippen molar-refractivity contribution in [3.8, 4) is 22.5 Å². The molecule has 46 heavy (non-hydrogen) atoms. The van der Waals surface area contributed by atoms with Crippen LogP contribution in [0.5, 0.6) is 0 Å². The molecule has 0 spiro atoms. The molecule has 4 heterocycles. The van der Waals surface area contributed by atoms with E-state index in [1.807, 2.05) is 57.9 Å². The number of imidazole rings is 2. The fraction of sp³-hybridized carbons (Fsp3) is 0.474. The van der Waals surface area contributed by atoms with Gasteiger partial charge in [0.05, 0.1) is 23.5 Å². The first-order valence-electron chi connectivity index (χ1n) is 17.4. The zero-order chi connectivity index (χ0) is 31.3.